The van der Waals surface area contributed by atoms with Gasteiger partial charge in [0.2, 0.25) is 0 Å². The van der Waals surface area contributed by atoms with Crippen molar-refractivity contribution in [3.63, 3.8) is 0 Å². The van der Waals surface area contributed by atoms with Crippen molar-refractivity contribution in [3.05, 3.63) is 41.7 Å². The zero-order valence-electron chi connectivity index (χ0n) is 14.0. The number of aromatic nitrogens is 2. The lowest BCUT2D eigenvalue weighted by Gasteiger charge is -2.16. The highest BCUT2D eigenvalue weighted by molar-refractivity contribution is 5.92. The third kappa shape index (κ3) is 3.59. The topological polar surface area (TPSA) is 76.4 Å². The van der Waals surface area contributed by atoms with Gasteiger partial charge in [-0.2, -0.15) is 5.10 Å². The zero-order chi connectivity index (χ0) is 17.1. The van der Waals surface area contributed by atoms with E-state index < -0.39 is 0 Å². The minimum atomic E-state index is -0.203. The van der Waals surface area contributed by atoms with Crippen molar-refractivity contribution in [1.82, 2.24) is 15.1 Å². The van der Waals surface area contributed by atoms with E-state index in [1.165, 1.54) is 0 Å². The number of aryl methyl sites for hydroxylation is 1. The van der Waals surface area contributed by atoms with Gasteiger partial charge in [-0.05, 0) is 55.9 Å². The fraction of sp³-hybridized carbons (Fsp3) is 0.444. The highest BCUT2D eigenvalue weighted by atomic mass is 16.5. The van der Waals surface area contributed by atoms with Crippen LogP contribution in [0.25, 0.3) is 5.69 Å². The number of aliphatic hydroxyl groups excluding tert-OH is 1. The highest BCUT2D eigenvalue weighted by Crippen LogP contribution is 2.34. The van der Waals surface area contributed by atoms with Gasteiger partial charge < -0.3 is 15.2 Å². The number of hydrogen-bond acceptors (Lipinski definition) is 4. The summed E-state index contributed by atoms with van der Waals surface area (Å²) in [7, 11) is 1.61. The maximum atomic E-state index is 12.4. The first kappa shape index (κ1) is 16.5. The molecule has 0 aliphatic heterocycles. The van der Waals surface area contributed by atoms with Crippen LogP contribution in [0.4, 0.5) is 0 Å². The first-order chi connectivity index (χ1) is 11.6. The molecule has 1 aromatic heterocycles. The van der Waals surface area contributed by atoms with Gasteiger partial charge in [0.25, 0.3) is 5.91 Å². The van der Waals surface area contributed by atoms with Gasteiger partial charge in [0.15, 0.2) is 5.69 Å². The van der Waals surface area contributed by atoms with E-state index in [2.05, 4.69) is 10.4 Å². The number of benzene rings is 1. The molecule has 1 aromatic carbocycles. The molecule has 1 aliphatic rings. The van der Waals surface area contributed by atoms with Crippen molar-refractivity contribution >= 4 is 5.91 Å². The van der Waals surface area contributed by atoms with Gasteiger partial charge in [-0.25, -0.2) is 4.68 Å². The van der Waals surface area contributed by atoms with E-state index in [1.54, 1.807) is 24.1 Å². The van der Waals surface area contributed by atoms with Crippen LogP contribution in [0.5, 0.6) is 5.75 Å². The van der Waals surface area contributed by atoms with Crippen LogP contribution in [0.15, 0.2) is 30.5 Å². The molecule has 0 spiro atoms. The summed E-state index contributed by atoms with van der Waals surface area (Å²) in [6, 6.07) is 7.54. The van der Waals surface area contributed by atoms with Gasteiger partial charge in [-0.1, -0.05) is 6.07 Å². The Morgan fingerprint density at radius 2 is 2.25 bits per heavy atom. The van der Waals surface area contributed by atoms with E-state index in [-0.39, 0.29) is 18.6 Å². The predicted octanol–water partition coefficient (Wildman–Crippen LogP) is 2.08. The van der Waals surface area contributed by atoms with Gasteiger partial charge in [0.05, 0.1) is 7.11 Å². The van der Waals surface area contributed by atoms with Crippen molar-refractivity contribution in [2.45, 2.75) is 32.2 Å². The molecule has 1 heterocycles. The molecule has 24 heavy (non-hydrogen) atoms. The summed E-state index contributed by atoms with van der Waals surface area (Å²) in [5.74, 6) is 0.984. The van der Waals surface area contributed by atoms with Crippen LogP contribution in [0.1, 0.15) is 35.3 Å². The lowest BCUT2D eigenvalue weighted by molar-refractivity contribution is 0.0918. The number of nitrogens with zero attached hydrogens (tertiary/aromatic N) is 2. The Hall–Kier alpha value is -2.34. The average Bonchev–Trinajstić information content (AvgIpc) is 3.30. The van der Waals surface area contributed by atoms with Crippen LogP contribution in [-0.4, -0.2) is 40.6 Å². The number of nitrogens with one attached hydrogen (secondary N) is 1. The second-order valence-electron chi connectivity index (χ2n) is 6.25. The summed E-state index contributed by atoms with van der Waals surface area (Å²) in [5.41, 5.74) is 2.25. The van der Waals surface area contributed by atoms with Crippen LogP contribution in [0, 0.1) is 12.8 Å². The van der Waals surface area contributed by atoms with Crippen molar-refractivity contribution in [3.8, 4) is 11.4 Å². The van der Waals surface area contributed by atoms with Gasteiger partial charge >= 0.3 is 0 Å². The Balaban J connectivity index is 1.77. The van der Waals surface area contributed by atoms with E-state index in [9.17, 15) is 4.79 Å². The van der Waals surface area contributed by atoms with Gasteiger partial charge in [0, 0.05) is 18.8 Å². The summed E-state index contributed by atoms with van der Waals surface area (Å²) in [4.78, 5) is 12.4. The molecule has 1 atom stereocenters. The largest absolute Gasteiger partial charge is 0.494 e. The second-order valence-corrected chi connectivity index (χ2v) is 6.25. The Bertz CT molecular complexity index is 722. The minimum absolute atomic E-state index is 0.0288. The van der Waals surface area contributed by atoms with E-state index >= 15 is 0 Å². The number of rotatable bonds is 7. The van der Waals surface area contributed by atoms with Crippen molar-refractivity contribution < 1.29 is 14.6 Å². The summed E-state index contributed by atoms with van der Waals surface area (Å²) < 4.78 is 7.02. The number of methoxy groups -OCH3 is 1. The molecule has 2 aromatic rings. The summed E-state index contributed by atoms with van der Waals surface area (Å²) >= 11 is 0. The summed E-state index contributed by atoms with van der Waals surface area (Å²) in [5, 5.41) is 16.5. The maximum Gasteiger partial charge on any atom is 0.272 e. The smallest absolute Gasteiger partial charge is 0.272 e. The molecule has 0 saturated heterocycles. The highest BCUT2D eigenvalue weighted by Gasteiger charge is 2.32. The SMILES string of the molecule is COc1ccc(C)cc1-n1ccc(C(=O)NC(CCO)C2CC2)n1. The average molecular weight is 329 g/mol. The standard InChI is InChI=1S/C18H23N3O3/c1-12-3-6-17(24-2)16(11-12)21-9-7-15(20-21)18(23)19-14(8-10-22)13-4-5-13/h3,6-7,9,11,13-14,22H,4-5,8,10H2,1-2H3,(H,19,23). The number of amides is 1. The Labute approximate surface area is 141 Å². The molecule has 1 aliphatic carbocycles. The lowest BCUT2D eigenvalue weighted by Crippen LogP contribution is -2.37. The van der Waals surface area contributed by atoms with Crippen LogP contribution in [0.3, 0.4) is 0 Å². The van der Waals surface area contributed by atoms with E-state index in [0.29, 0.717) is 23.8 Å². The number of ether oxygens (including phenoxy) is 1. The molecule has 1 fully saturated rings. The first-order valence-electron chi connectivity index (χ1n) is 8.24. The normalized spacial score (nSPS) is 15.1. The second kappa shape index (κ2) is 7.05. The molecule has 0 bridgehead atoms. The number of hydrogen-bond donors (Lipinski definition) is 2. The van der Waals surface area contributed by atoms with Crippen LogP contribution < -0.4 is 10.1 Å². The van der Waals surface area contributed by atoms with E-state index in [4.69, 9.17) is 9.84 Å². The fourth-order valence-corrected chi connectivity index (χ4v) is 2.86. The molecule has 6 nitrogen and oxygen atoms in total. The summed E-state index contributed by atoms with van der Waals surface area (Å²) in [6.45, 7) is 2.07. The van der Waals surface area contributed by atoms with Crippen LogP contribution >= 0.6 is 0 Å². The van der Waals surface area contributed by atoms with Gasteiger partial charge in [0.1, 0.15) is 11.4 Å². The molecule has 1 saturated carbocycles. The third-order valence-corrected chi connectivity index (χ3v) is 4.35. The zero-order valence-corrected chi connectivity index (χ0v) is 14.0. The maximum absolute atomic E-state index is 12.4. The van der Waals surface area contributed by atoms with Gasteiger partial charge in [-0.15, -0.1) is 0 Å². The number of carbonyl (C=O) groups is 1. The summed E-state index contributed by atoms with van der Waals surface area (Å²) in [6.07, 6.45) is 4.56. The van der Waals surface area contributed by atoms with Crippen molar-refractivity contribution in [2.75, 3.05) is 13.7 Å². The van der Waals surface area contributed by atoms with Crippen LogP contribution in [0.2, 0.25) is 0 Å². The molecule has 128 valence electrons. The molecule has 0 radical (unpaired) electrons. The van der Waals surface area contributed by atoms with E-state index in [0.717, 1.165) is 24.1 Å². The molecule has 3 rings (SSSR count). The molecule has 2 N–H and O–H groups in total. The molecule has 1 amide bonds. The molecular weight excluding hydrogens is 306 g/mol. The molecule has 6 heteroatoms. The molecular formula is C18H23N3O3. The monoisotopic (exact) mass is 329 g/mol. The fourth-order valence-electron chi connectivity index (χ4n) is 2.86. The first-order valence-corrected chi connectivity index (χ1v) is 8.24. The Kier molecular flexibility index (Phi) is 4.85. The van der Waals surface area contributed by atoms with Crippen molar-refractivity contribution in [1.29, 1.82) is 0 Å². The number of carbonyl (C=O) groups excluding carboxylic acids is 1. The predicted molar refractivity (Wildman–Crippen MR) is 90.5 cm³/mol. The van der Waals surface area contributed by atoms with Gasteiger partial charge in [-0.3, -0.25) is 4.79 Å². The third-order valence-electron chi connectivity index (χ3n) is 4.35. The lowest BCUT2D eigenvalue weighted by atomic mass is 10.1. The van der Waals surface area contributed by atoms with E-state index in [1.807, 2.05) is 25.1 Å². The Morgan fingerprint density at radius 1 is 1.46 bits per heavy atom. The number of aliphatic hydroxyl groups is 1. The Morgan fingerprint density at radius 3 is 2.92 bits per heavy atom. The van der Waals surface area contributed by atoms with Crippen LogP contribution in [-0.2, 0) is 0 Å². The van der Waals surface area contributed by atoms with Crippen molar-refractivity contribution in [2.24, 2.45) is 5.92 Å². The minimum Gasteiger partial charge on any atom is -0.494 e. The quantitative estimate of drug-likeness (QED) is 0.815. The molecule has 1 unspecified atom stereocenters.